The van der Waals surface area contributed by atoms with Gasteiger partial charge in [-0.15, -0.1) is 16.4 Å². The van der Waals surface area contributed by atoms with E-state index >= 15 is 0 Å². The van der Waals surface area contributed by atoms with Gasteiger partial charge in [-0.05, 0) is 41.5 Å². The number of rotatable bonds is 5. The van der Waals surface area contributed by atoms with Gasteiger partial charge in [0, 0.05) is 19.2 Å². The summed E-state index contributed by atoms with van der Waals surface area (Å²) in [6, 6.07) is 11.7. The quantitative estimate of drug-likeness (QED) is 0.486. The molecule has 0 spiro atoms. The zero-order valence-corrected chi connectivity index (χ0v) is 18.4. The van der Waals surface area contributed by atoms with E-state index < -0.39 is 6.10 Å². The van der Waals surface area contributed by atoms with Crippen LogP contribution in [0.1, 0.15) is 28.0 Å². The van der Waals surface area contributed by atoms with Crippen LogP contribution in [-0.2, 0) is 18.2 Å². The number of thiophene rings is 1. The maximum Gasteiger partial charge on any atom is 0.270 e. The summed E-state index contributed by atoms with van der Waals surface area (Å²) in [5.41, 5.74) is 5.19. The van der Waals surface area contributed by atoms with Gasteiger partial charge in [-0.3, -0.25) is 9.48 Å². The third-order valence-corrected chi connectivity index (χ3v) is 6.59. The van der Waals surface area contributed by atoms with Crippen LogP contribution in [0.3, 0.4) is 0 Å². The van der Waals surface area contributed by atoms with Crippen LogP contribution in [0.4, 0.5) is 0 Å². The summed E-state index contributed by atoms with van der Waals surface area (Å²) in [4.78, 5) is 17.4. The molecule has 5 rings (SSSR count). The molecule has 1 saturated heterocycles. The number of carbonyl (C=O) groups is 1. The fraction of sp³-hybridized carbons (Fsp3) is 0.304. The summed E-state index contributed by atoms with van der Waals surface area (Å²) < 4.78 is 8.00. The molecule has 1 amide bonds. The Hall–Kier alpha value is -3.14. The van der Waals surface area contributed by atoms with E-state index in [1.54, 1.807) is 16.0 Å². The number of carbonyl (C=O) groups excluding carboxylic acids is 1. The van der Waals surface area contributed by atoms with E-state index in [0.29, 0.717) is 25.1 Å². The third kappa shape index (κ3) is 4.27. The Bertz CT molecular complexity index is 1250. The first-order valence-electron chi connectivity index (χ1n) is 10.5. The van der Waals surface area contributed by atoms with E-state index in [0.717, 1.165) is 32.6 Å². The molecule has 164 valence electrons. The maximum absolute atomic E-state index is 12.9. The number of nitrogens with one attached hydrogen (secondary N) is 1. The van der Waals surface area contributed by atoms with Crippen molar-refractivity contribution < 1.29 is 14.6 Å². The largest absolute Gasteiger partial charge is 0.389 e. The molecule has 32 heavy (non-hydrogen) atoms. The standard InChI is InChI=1S/C23H23N5O3S/c1-28-12-20(26-27-28)15-4-2-14(3-5-15)10-16-11-19(24-18-7-9-32-22(16)18)23(30)25-17-6-8-31-13-21(17)29/h2-5,7,9,11-12,17,21,29H,6,8,10,13H2,1H3,(H,25,30)/t17-,21-/m1/s1. The number of hydrogen-bond donors (Lipinski definition) is 2. The smallest absolute Gasteiger partial charge is 0.270 e. The van der Waals surface area contributed by atoms with Crippen LogP contribution in [0.25, 0.3) is 21.5 Å². The Balaban J connectivity index is 1.39. The summed E-state index contributed by atoms with van der Waals surface area (Å²) in [6.45, 7) is 0.757. The number of pyridine rings is 1. The number of benzene rings is 1. The van der Waals surface area contributed by atoms with Crippen molar-refractivity contribution in [2.24, 2.45) is 7.05 Å². The van der Waals surface area contributed by atoms with Crippen molar-refractivity contribution >= 4 is 27.5 Å². The van der Waals surface area contributed by atoms with Gasteiger partial charge in [0.15, 0.2) is 0 Å². The molecule has 0 aliphatic carbocycles. The molecule has 0 radical (unpaired) electrons. The maximum atomic E-state index is 12.9. The highest BCUT2D eigenvalue weighted by molar-refractivity contribution is 7.17. The molecule has 0 saturated carbocycles. The van der Waals surface area contributed by atoms with Crippen LogP contribution in [0.5, 0.6) is 0 Å². The number of aryl methyl sites for hydroxylation is 1. The van der Waals surface area contributed by atoms with Gasteiger partial charge in [0.2, 0.25) is 0 Å². The molecule has 1 aromatic carbocycles. The molecule has 8 nitrogen and oxygen atoms in total. The Kier molecular flexibility index (Phi) is 5.69. The van der Waals surface area contributed by atoms with Crippen molar-refractivity contribution in [1.29, 1.82) is 0 Å². The van der Waals surface area contributed by atoms with Gasteiger partial charge in [0.05, 0.1) is 35.2 Å². The van der Waals surface area contributed by atoms with Crippen LogP contribution < -0.4 is 5.32 Å². The van der Waals surface area contributed by atoms with Crippen LogP contribution in [0.15, 0.2) is 48.0 Å². The first-order chi connectivity index (χ1) is 15.6. The molecular weight excluding hydrogens is 426 g/mol. The Morgan fingerprint density at radius 3 is 2.91 bits per heavy atom. The van der Waals surface area contributed by atoms with E-state index in [9.17, 15) is 9.90 Å². The Morgan fingerprint density at radius 1 is 1.31 bits per heavy atom. The van der Waals surface area contributed by atoms with E-state index in [2.05, 4.69) is 32.7 Å². The van der Waals surface area contributed by atoms with Gasteiger partial charge in [0.1, 0.15) is 11.4 Å². The van der Waals surface area contributed by atoms with Gasteiger partial charge < -0.3 is 15.2 Å². The highest BCUT2D eigenvalue weighted by Crippen LogP contribution is 2.27. The molecule has 9 heteroatoms. The molecule has 1 aliphatic rings. The van der Waals surface area contributed by atoms with Gasteiger partial charge in [-0.25, -0.2) is 4.98 Å². The summed E-state index contributed by atoms with van der Waals surface area (Å²) >= 11 is 1.62. The SMILES string of the molecule is Cn1cc(-c2ccc(Cc3cc(C(=O)N[C@@H]4CCOC[C@H]4O)nc4ccsc34)cc2)nn1. The van der Waals surface area contributed by atoms with Crippen LogP contribution >= 0.6 is 11.3 Å². The van der Waals surface area contributed by atoms with Crippen molar-refractivity contribution in [1.82, 2.24) is 25.3 Å². The van der Waals surface area contributed by atoms with Gasteiger partial charge in [-0.1, -0.05) is 29.5 Å². The summed E-state index contributed by atoms with van der Waals surface area (Å²) in [5.74, 6) is -0.275. The molecule has 2 N–H and O–H groups in total. The average molecular weight is 450 g/mol. The number of ether oxygens (including phenoxy) is 1. The molecule has 1 fully saturated rings. The van der Waals surface area contributed by atoms with E-state index in [1.165, 1.54) is 0 Å². The number of aliphatic hydroxyl groups excluding tert-OH is 1. The highest BCUT2D eigenvalue weighted by Gasteiger charge is 2.26. The monoisotopic (exact) mass is 449 g/mol. The van der Waals surface area contributed by atoms with E-state index in [1.807, 2.05) is 42.9 Å². The molecule has 0 bridgehead atoms. The van der Waals surface area contributed by atoms with Crippen molar-refractivity contribution in [3.05, 3.63) is 64.8 Å². The molecule has 4 heterocycles. The summed E-state index contributed by atoms with van der Waals surface area (Å²) in [7, 11) is 1.84. The van der Waals surface area contributed by atoms with E-state index in [4.69, 9.17) is 4.74 Å². The molecule has 4 aromatic rings. The van der Waals surface area contributed by atoms with Gasteiger partial charge >= 0.3 is 0 Å². The first-order valence-corrected chi connectivity index (χ1v) is 11.3. The van der Waals surface area contributed by atoms with E-state index in [-0.39, 0.29) is 18.6 Å². The van der Waals surface area contributed by atoms with Crippen molar-refractivity contribution in [2.75, 3.05) is 13.2 Å². The lowest BCUT2D eigenvalue weighted by atomic mass is 10.0. The second-order valence-electron chi connectivity index (χ2n) is 7.96. The zero-order chi connectivity index (χ0) is 22.1. The first kappa shape index (κ1) is 20.7. The predicted octanol–water partition coefficient (Wildman–Crippen LogP) is 2.56. The third-order valence-electron chi connectivity index (χ3n) is 5.61. The molecule has 1 aliphatic heterocycles. The Labute approximate surface area is 188 Å². The second-order valence-corrected chi connectivity index (χ2v) is 8.88. The summed E-state index contributed by atoms with van der Waals surface area (Å²) in [5, 5.41) is 23.1. The lowest BCUT2D eigenvalue weighted by Crippen LogP contribution is -2.48. The minimum Gasteiger partial charge on any atom is -0.389 e. The average Bonchev–Trinajstić information content (AvgIpc) is 3.45. The number of amides is 1. The molecular formula is C23H23N5O3S. The van der Waals surface area contributed by atoms with Gasteiger partial charge in [0.25, 0.3) is 5.91 Å². The fourth-order valence-corrected chi connectivity index (χ4v) is 4.75. The van der Waals surface area contributed by atoms with Crippen molar-refractivity contribution in [3.63, 3.8) is 0 Å². The number of hydrogen-bond acceptors (Lipinski definition) is 7. The lowest BCUT2D eigenvalue weighted by molar-refractivity contribution is -0.0261. The molecule has 3 aromatic heterocycles. The van der Waals surface area contributed by atoms with Crippen LogP contribution in [-0.4, -0.2) is 56.4 Å². The number of nitrogens with zero attached hydrogens (tertiary/aromatic N) is 4. The predicted molar refractivity (Wildman–Crippen MR) is 122 cm³/mol. The number of aliphatic hydroxyl groups is 1. The second kappa shape index (κ2) is 8.78. The highest BCUT2D eigenvalue weighted by atomic mass is 32.1. The number of aromatic nitrogens is 4. The summed E-state index contributed by atoms with van der Waals surface area (Å²) in [6.07, 6.45) is 2.44. The van der Waals surface area contributed by atoms with Crippen molar-refractivity contribution in [2.45, 2.75) is 25.0 Å². The molecule has 0 unspecified atom stereocenters. The minimum absolute atomic E-state index is 0.234. The van der Waals surface area contributed by atoms with Crippen LogP contribution in [0, 0.1) is 0 Å². The zero-order valence-electron chi connectivity index (χ0n) is 17.6. The fourth-order valence-electron chi connectivity index (χ4n) is 3.90. The number of fused-ring (bicyclic) bond motifs is 1. The normalized spacial score (nSPS) is 18.7. The van der Waals surface area contributed by atoms with Crippen molar-refractivity contribution in [3.8, 4) is 11.3 Å². The lowest BCUT2D eigenvalue weighted by Gasteiger charge is -2.28. The Morgan fingerprint density at radius 2 is 2.16 bits per heavy atom. The van der Waals surface area contributed by atoms with Gasteiger partial charge in [-0.2, -0.15) is 0 Å². The topological polar surface area (TPSA) is 102 Å². The minimum atomic E-state index is -0.704. The van der Waals surface area contributed by atoms with Crippen LogP contribution in [0.2, 0.25) is 0 Å². The molecule has 2 atom stereocenters.